The van der Waals surface area contributed by atoms with Crippen molar-refractivity contribution >= 4 is 21.8 Å². The van der Waals surface area contributed by atoms with Gasteiger partial charge in [0.15, 0.2) is 9.84 Å². The predicted molar refractivity (Wildman–Crippen MR) is 104 cm³/mol. The fourth-order valence-electron chi connectivity index (χ4n) is 3.29. The van der Waals surface area contributed by atoms with E-state index in [0.717, 1.165) is 11.1 Å². The predicted octanol–water partition coefficient (Wildman–Crippen LogP) is 3.54. The third-order valence-electron chi connectivity index (χ3n) is 4.90. The number of nitrogens with zero attached hydrogens (tertiary/aromatic N) is 1. The van der Waals surface area contributed by atoms with Crippen LogP contribution in [0.1, 0.15) is 28.4 Å². The maximum absolute atomic E-state index is 14.1. The molecule has 0 bridgehead atoms. The molecule has 0 aromatic heterocycles. The Kier molecular flexibility index (Phi) is 5.75. The number of amides is 1. The number of halogens is 1. The SMILES string of the molecule is Cc1ccccc1/C=C/C(=O)N1CCC(c2ccccc2F)S(=O)(=O)CC1. The van der Waals surface area contributed by atoms with E-state index in [-0.39, 0.29) is 36.7 Å². The van der Waals surface area contributed by atoms with Crippen molar-refractivity contribution in [3.63, 3.8) is 0 Å². The van der Waals surface area contributed by atoms with Crippen molar-refractivity contribution < 1.29 is 17.6 Å². The molecule has 1 atom stereocenters. The van der Waals surface area contributed by atoms with Gasteiger partial charge in [0.1, 0.15) is 5.82 Å². The summed E-state index contributed by atoms with van der Waals surface area (Å²) >= 11 is 0. The van der Waals surface area contributed by atoms with Crippen molar-refractivity contribution in [1.82, 2.24) is 4.90 Å². The molecule has 2 aromatic carbocycles. The van der Waals surface area contributed by atoms with E-state index in [1.54, 1.807) is 12.1 Å². The zero-order chi connectivity index (χ0) is 19.4. The first-order valence-electron chi connectivity index (χ1n) is 8.87. The number of carbonyl (C=O) groups excluding carboxylic acids is 1. The van der Waals surface area contributed by atoms with Crippen LogP contribution in [0, 0.1) is 12.7 Å². The van der Waals surface area contributed by atoms with Crippen molar-refractivity contribution in [3.05, 3.63) is 77.1 Å². The Hall–Kier alpha value is -2.47. The summed E-state index contributed by atoms with van der Waals surface area (Å²) < 4.78 is 39.3. The molecule has 1 unspecified atom stereocenters. The van der Waals surface area contributed by atoms with E-state index in [9.17, 15) is 17.6 Å². The Labute approximate surface area is 159 Å². The molecule has 1 fully saturated rings. The molecule has 3 rings (SSSR count). The van der Waals surface area contributed by atoms with Gasteiger partial charge in [0.25, 0.3) is 0 Å². The molecule has 1 saturated heterocycles. The Bertz CT molecular complexity index is 969. The lowest BCUT2D eigenvalue weighted by molar-refractivity contribution is -0.125. The van der Waals surface area contributed by atoms with E-state index < -0.39 is 20.9 Å². The van der Waals surface area contributed by atoms with Gasteiger partial charge in [-0.15, -0.1) is 0 Å². The molecule has 6 heteroatoms. The second kappa shape index (κ2) is 8.05. The monoisotopic (exact) mass is 387 g/mol. The minimum atomic E-state index is -3.53. The molecule has 1 amide bonds. The minimum absolute atomic E-state index is 0.115. The number of aryl methyl sites for hydroxylation is 1. The lowest BCUT2D eigenvalue weighted by atomic mass is 10.1. The fourth-order valence-corrected chi connectivity index (χ4v) is 5.09. The Morgan fingerprint density at radius 1 is 1.11 bits per heavy atom. The lowest BCUT2D eigenvalue weighted by Crippen LogP contribution is -2.32. The van der Waals surface area contributed by atoms with Gasteiger partial charge in [-0.25, -0.2) is 12.8 Å². The Morgan fingerprint density at radius 2 is 1.81 bits per heavy atom. The number of rotatable bonds is 3. The van der Waals surface area contributed by atoms with Crippen molar-refractivity contribution in [2.75, 3.05) is 18.8 Å². The van der Waals surface area contributed by atoms with Gasteiger partial charge >= 0.3 is 0 Å². The molecule has 0 aliphatic carbocycles. The summed E-state index contributed by atoms with van der Waals surface area (Å²) in [6.07, 6.45) is 3.40. The van der Waals surface area contributed by atoms with Crippen molar-refractivity contribution in [3.8, 4) is 0 Å². The van der Waals surface area contributed by atoms with E-state index in [2.05, 4.69) is 0 Å². The smallest absolute Gasteiger partial charge is 0.246 e. The third-order valence-corrected chi connectivity index (χ3v) is 7.01. The zero-order valence-corrected chi connectivity index (χ0v) is 16.0. The molecule has 0 N–H and O–H groups in total. The molecule has 1 aliphatic rings. The minimum Gasteiger partial charge on any atom is -0.338 e. The van der Waals surface area contributed by atoms with E-state index in [0.29, 0.717) is 0 Å². The molecule has 1 aliphatic heterocycles. The zero-order valence-electron chi connectivity index (χ0n) is 15.1. The van der Waals surface area contributed by atoms with Crippen LogP contribution in [0.2, 0.25) is 0 Å². The van der Waals surface area contributed by atoms with Gasteiger partial charge in [0.05, 0.1) is 11.0 Å². The molecule has 142 valence electrons. The molecule has 1 heterocycles. The number of hydrogen-bond donors (Lipinski definition) is 0. The molecule has 2 aromatic rings. The number of benzene rings is 2. The van der Waals surface area contributed by atoms with E-state index in [4.69, 9.17) is 0 Å². The van der Waals surface area contributed by atoms with Crippen molar-refractivity contribution in [2.45, 2.75) is 18.6 Å². The first-order chi connectivity index (χ1) is 12.9. The Balaban J connectivity index is 1.76. The highest BCUT2D eigenvalue weighted by Crippen LogP contribution is 2.31. The number of sulfone groups is 1. The lowest BCUT2D eigenvalue weighted by Gasteiger charge is -2.18. The second-order valence-corrected chi connectivity index (χ2v) is 8.98. The average Bonchev–Trinajstić information content (AvgIpc) is 2.79. The van der Waals surface area contributed by atoms with Gasteiger partial charge in [0, 0.05) is 24.7 Å². The molecule has 0 radical (unpaired) electrons. The van der Waals surface area contributed by atoms with Crippen molar-refractivity contribution in [2.24, 2.45) is 0 Å². The highest BCUT2D eigenvalue weighted by atomic mass is 32.2. The summed E-state index contributed by atoms with van der Waals surface area (Å²) in [6, 6.07) is 13.6. The summed E-state index contributed by atoms with van der Waals surface area (Å²) in [5.41, 5.74) is 2.18. The van der Waals surface area contributed by atoms with E-state index in [1.807, 2.05) is 31.2 Å². The fraction of sp³-hybridized carbons (Fsp3) is 0.286. The molecule has 0 spiro atoms. The third kappa shape index (κ3) is 4.45. The van der Waals surface area contributed by atoms with Gasteiger partial charge in [0.2, 0.25) is 5.91 Å². The van der Waals surface area contributed by atoms with E-state index >= 15 is 0 Å². The van der Waals surface area contributed by atoms with Crippen LogP contribution in [0.25, 0.3) is 6.08 Å². The standard InChI is InChI=1S/C21H22FNO3S/c1-16-6-2-3-7-17(16)10-11-21(24)23-13-12-20(27(25,26)15-14-23)18-8-4-5-9-19(18)22/h2-11,20H,12-15H2,1H3/b11-10+. The van der Waals surface area contributed by atoms with Gasteiger partial charge in [-0.2, -0.15) is 0 Å². The molecule has 0 saturated carbocycles. The van der Waals surface area contributed by atoms with Crippen LogP contribution in [0.15, 0.2) is 54.6 Å². The van der Waals surface area contributed by atoms with Crippen LogP contribution < -0.4 is 0 Å². The first-order valence-corrected chi connectivity index (χ1v) is 10.6. The summed E-state index contributed by atoms with van der Waals surface area (Å²) in [5.74, 6) is -0.927. The van der Waals surface area contributed by atoms with Gasteiger partial charge in [-0.1, -0.05) is 42.5 Å². The maximum atomic E-state index is 14.1. The molecule has 27 heavy (non-hydrogen) atoms. The van der Waals surface area contributed by atoms with Crippen molar-refractivity contribution in [1.29, 1.82) is 0 Å². The normalized spacial score (nSPS) is 19.8. The molecule has 4 nitrogen and oxygen atoms in total. The highest BCUT2D eigenvalue weighted by Gasteiger charge is 2.33. The van der Waals surface area contributed by atoms with Crippen LogP contribution in [0.4, 0.5) is 4.39 Å². The highest BCUT2D eigenvalue weighted by molar-refractivity contribution is 7.91. The van der Waals surface area contributed by atoms with Crippen LogP contribution in [0.3, 0.4) is 0 Å². The van der Waals surface area contributed by atoms with Gasteiger partial charge in [-0.3, -0.25) is 4.79 Å². The number of carbonyl (C=O) groups is 1. The van der Waals surface area contributed by atoms with Crippen LogP contribution in [-0.4, -0.2) is 38.1 Å². The molecular weight excluding hydrogens is 365 g/mol. The largest absolute Gasteiger partial charge is 0.338 e. The summed E-state index contributed by atoms with van der Waals surface area (Å²) in [6.45, 7) is 2.35. The van der Waals surface area contributed by atoms with Crippen LogP contribution in [0.5, 0.6) is 0 Å². The van der Waals surface area contributed by atoms with Crippen LogP contribution >= 0.6 is 0 Å². The van der Waals surface area contributed by atoms with Crippen LogP contribution in [-0.2, 0) is 14.6 Å². The Morgan fingerprint density at radius 3 is 2.56 bits per heavy atom. The van der Waals surface area contributed by atoms with E-state index in [1.165, 1.54) is 29.2 Å². The summed E-state index contributed by atoms with van der Waals surface area (Å²) in [4.78, 5) is 14.0. The maximum Gasteiger partial charge on any atom is 0.246 e. The average molecular weight is 387 g/mol. The summed E-state index contributed by atoms with van der Waals surface area (Å²) in [7, 11) is -3.53. The number of hydrogen-bond acceptors (Lipinski definition) is 3. The second-order valence-electron chi connectivity index (χ2n) is 6.68. The summed E-state index contributed by atoms with van der Waals surface area (Å²) in [5, 5.41) is -0.920. The van der Waals surface area contributed by atoms with Gasteiger partial charge in [-0.05, 0) is 36.6 Å². The van der Waals surface area contributed by atoms with Gasteiger partial charge < -0.3 is 4.90 Å². The molecular formula is C21H22FNO3S. The first kappa shape index (κ1) is 19.3. The topological polar surface area (TPSA) is 54.5 Å². The quantitative estimate of drug-likeness (QED) is 0.757.